The fourth-order valence-electron chi connectivity index (χ4n) is 2.93. The lowest BCUT2D eigenvalue weighted by Gasteiger charge is -2.30. The smallest absolute Gasteiger partial charge is 0.429 e. The molecule has 1 aliphatic rings. The zero-order chi connectivity index (χ0) is 23.3. The molecule has 1 aromatic rings. The number of ether oxygens (including phenoxy) is 1. The van der Waals surface area contributed by atoms with Crippen LogP contribution in [-0.4, -0.2) is 53.0 Å². The van der Waals surface area contributed by atoms with Crippen LogP contribution in [0.3, 0.4) is 0 Å². The molecular formula is C18H20BrF3N4O5. The average Bonchev–Trinajstić information content (AvgIpc) is 2.67. The lowest BCUT2D eigenvalue weighted by Crippen LogP contribution is -2.48. The van der Waals surface area contributed by atoms with Crippen LogP contribution in [0.25, 0.3) is 6.08 Å². The quantitative estimate of drug-likeness (QED) is 0.124. The summed E-state index contributed by atoms with van der Waals surface area (Å²) in [5, 5.41) is 25.0. The molecular weight excluding hydrogens is 489 g/mol. The first kappa shape index (κ1) is 24.3. The molecule has 13 heteroatoms. The van der Waals surface area contributed by atoms with E-state index < -0.39 is 35.8 Å². The van der Waals surface area contributed by atoms with Crippen molar-refractivity contribution in [2.24, 2.45) is 10.9 Å². The lowest BCUT2D eigenvalue weighted by atomic mass is 9.98. The molecule has 0 saturated heterocycles. The van der Waals surface area contributed by atoms with E-state index >= 15 is 0 Å². The van der Waals surface area contributed by atoms with Gasteiger partial charge in [0.2, 0.25) is 12.1 Å². The number of hydrogen-bond donors (Lipinski definition) is 5. The van der Waals surface area contributed by atoms with Gasteiger partial charge >= 0.3 is 12.1 Å². The molecule has 0 spiro atoms. The molecule has 0 bridgehead atoms. The molecule has 1 aliphatic heterocycles. The summed E-state index contributed by atoms with van der Waals surface area (Å²) < 4.78 is 46.5. The summed E-state index contributed by atoms with van der Waals surface area (Å²) in [6, 6.07) is 1.62. The highest BCUT2D eigenvalue weighted by Crippen LogP contribution is 2.40. The van der Waals surface area contributed by atoms with Gasteiger partial charge in [-0.2, -0.15) is 13.2 Å². The third-order valence-corrected chi connectivity index (χ3v) is 4.80. The van der Waals surface area contributed by atoms with E-state index in [2.05, 4.69) is 31.7 Å². The number of carbonyl (C=O) groups is 2. The van der Waals surface area contributed by atoms with Crippen LogP contribution in [0.5, 0.6) is 5.75 Å². The number of carbonyl (C=O) groups excluding carboxylic acids is 1. The topological polar surface area (TPSA) is 146 Å². The van der Waals surface area contributed by atoms with Gasteiger partial charge in [0.1, 0.15) is 11.8 Å². The predicted molar refractivity (Wildman–Crippen MR) is 108 cm³/mol. The molecule has 1 amide bonds. The molecule has 0 aliphatic carbocycles. The molecule has 2 rings (SSSR count). The van der Waals surface area contributed by atoms with Crippen LogP contribution < -0.4 is 21.1 Å². The molecule has 31 heavy (non-hydrogen) atoms. The molecule has 6 N–H and O–H groups in total. The van der Waals surface area contributed by atoms with E-state index in [9.17, 15) is 27.9 Å². The number of fused-ring (bicyclic) bond motifs is 1. The third kappa shape index (κ3) is 6.26. The number of nitrogens with one attached hydrogen (secondary N) is 2. The second kappa shape index (κ2) is 9.90. The van der Waals surface area contributed by atoms with E-state index in [1.165, 1.54) is 6.07 Å². The van der Waals surface area contributed by atoms with Crippen molar-refractivity contribution in [1.82, 2.24) is 10.6 Å². The van der Waals surface area contributed by atoms with Crippen LogP contribution in [0.4, 0.5) is 13.2 Å². The zero-order valence-corrected chi connectivity index (χ0v) is 17.7. The monoisotopic (exact) mass is 508 g/mol. The predicted octanol–water partition coefficient (Wildman–Crippen LogP) is 2.11. The minimum atomic E-state index is -4.90. The fourth-order valence-corrected chi connectivity index (χ4v) is 3.52. The number of nitrogens with zero attached hydrogens (tertiary/aromatic N) is 1. The van der Waals surface area contributed by atoms with Gasteiger partial charge < -0.3 is 31.4 Å². The van der Waals surface area contributed by atoms with Gasteiger partial charge in [-0.15, -0.1) is 0 Å². The maximum atomic E-state index is 13.6. The number of carboxylic acids is 1. The molecule has 1 aromatic carbocycles. The minimum Gasteiger partial charge on any atom is -0.480 e. The van der Waals surface area contributed by atoms with Crippen molar-refractivity contribution in [3.63, 3.8) is 0 Å². The van der Waals surface area contributed by atoms with Crippen LogP contribution in [0.2, 0.25) is 0 Å². The maximum absolute atomic E-state index is 13.6. The Hall–Kier alpha value is -2.96. The summed E-state index contributed by atoms with van der Waals surface area (Å²) in [6.07, 6.45) is -6.34. The Morgan fingerprint density at radius 1 is 1.39 bits per heavy atom. The van der Waals surface area contributed by atoms with E-state index in [0.717, 1.165) is 6.08 Å². The second-order valence-corrected chi connectivity index (χ2v) is 7.61. The van der Waals surface area contributed by atoms with E-state index in [0.29, 0.717) is 10.0 Å². The molecule has 0 fully saturated rings. The Morgan fingerprint density at radius 3 is 2.65 bits per heavy atom. The first-order valence-electron chi connectivity index (χ1n) is 8.94. The summed E-state index contributed by atoms with van der Waals surface area (Å²) in [5.41, 5.74) is 5.16. The van der Waals surface area contributed by atoms with Gasteiger partial charge in [-0.05, 0) is 43.5 Å². The average molecular weight is 509 g/mol. The van der Waals surface area contributed by atoms with Crippen molar-refractivity contribution >= 4 is 39.8 Å². The zero-order valence-electron chi connectivity index (χ0n) is 16.2. The number of rotatable bonds is 7. The van der Waals surface area contributed by atoms with Crippen LogP contribution in [0.1, 0.15) is 24.0 Å². The van der Waals surface area contributed by atoms with Crippen molar-refractivity contribution in [1.29, 1.82) is 0 Å². The Morgan fingerprint density at radius 2 is 2.06 bits per heavy atom. The third-order valence-electron chi connectivity index (χ3n) is 4.34. The van der Waals surface area contributed by atoms with Crippen LogP contribution in [0, 0.1) is 6.92 Å². The standard InChI is InChI=1S/C18H20BrF3N4O5/c1-8-5-10(19)6-9-7-11(14(18(20,21)22)31-13(8)9)15(27)25-12(16(28)29)3-2-4-24-17(23)26-30/h5-7,12,14,30H,2-4H2,1H3,(H,25,27)(H,28,29)(H3,23,24,26)/t12?,14-/m0/s1. The molecule has 0 saturated carbocycles. The van der Waals surface area contributed by atoms with Crippen molar-refractivity contribution in [2.45, 2.75) is 38.1 Å². The van der Waals surface area contributed by atoms with Gasteiger partial charge in [-0.25, -0.2) is 4.79 Å². The van der Waals surface area contributed by atoms with Crippen molar-refractivity contribution < 1.29 is 37.8 Å². The highest BCUT2D eigenvalue weighted by atomic mass is 79.9. The van der Waals surface area contributed by atoms with Crippen molar-refractivity contribution in [3.8, 4) is 5.75 Å². The summed E-state index contributed by atoms with van der Waals surface area (Å²) in [7, 11) is 0. The highest BCUT2D eigenvalue weighted by Gasteiger charge is 2.48. The summed E-state index contributed by atoms with van der Waals surface area (Å²) in [5.74, 6) is -2.92. The number of hydrogen-bond acceptors (Lipinski definition) is 5. The summed E-state index contributed by atoms with van der Waals surface area (Å²) in [4.78, 5) is 24.1. The number of nitrogens with two attached hydrogens (primary N) is 1. The number of benzene rings is 1. The number of aryl methyl sites for hydroxylation is 1. The molecule has 0 aromatic heterocycles. The van der Waals surface area contributed by atoms with Gasteiger partial charge in [0.05, 0.1) is 5.57 Å². The number of halogens is 4. The molecule has 0 radical (unpaired) electrons. The van der Waals surface area contributed by atoms with E-state index in [1.807, 2.05) is 0 Å². The molecule has 2 atom stereocenters. The van der Waals surface area contributed by atoms with Gasteiger partial charge in [0.15, 0.2) is 0 Å². The Balaban J connectivity index is 2.24. The maximum Gasteiger partial charge on any atom is 0.429 e. The van der Waals surface area contributed by atoms with Gasteiger partial charge in [0.25, 0.3) is 5.91 Å². The second-order valence-electron chi connectivity index (χ2n) is 6.70. The largest absolute Gasteiger partial charge is 0.480 e. The number of aliphatic carboxylic acids is 1. The molecule has 9 nitrogen and oxygen atoms in total. The van der Waals surface area contributed by atoms with E-state index in [1.54, 1.807) is 13.0 Å². The molecule has 170 valence electrons. The highest BCUT2D eigenvalue weighted by molar-refractivity contribution is 9.10. The summed E-state index contributed by atoms with van der Waals surface area (Å²) in [6.45, 7) is 1.69. The van der Waals surface area contributed by atoms with Gasteiger partial charge in [-0.1, -0.05) is 21.1 Å². The normalized spacial score (nSPS) is 17.1. The number of amides is 1. The SMILES string of the molecule is Cc1cc(Br)cc2c1O[C@H](C(F)(F)F)C(C(=O)NC(CCCN/C(N)=N\O)C(=O)O)=C2. The van der Waals surface area contributed by atoms with E-state index in [-0.39, 0.29) is 36.7 Å². The minimum absolute atomic E-state index is 0.00827. The Kier molecular flexibility index (Phi) is 7.76. The first-order chi connectivity index (χ1) is 14.4. The number of guanidine groups is 1. The van der Waals surface area contributed by atoms with Crippen molar-refractivity contribution in [3.05, 3.63) is 33.3 Å². The fraction of sp³-hybridized carbons (Fsp3) is 0.389. The summed E-state index contributed by atoms with van der Waals surface area (Å²) >= 11 is 3.24. The van der Waals surface area contributed by atoms with Crippen LogP contribution in [0.15, 0.2) is 27.3 Å². The molecule has 1 unspecified atom stereocenters. The van der Waals surface area contributed by atoms with Crippen molar-refractivity contribution in [2.75, 3.05) is 6.54 Å². The molecule has 1 heterocycles. The van der Waals surface area contributed by atoms with E-state index in [4.69, 9.17) is 15.7 Å². The number of oxime groups is 1. The number of carboxylic acid groups (broad SMARTS) is 1. The van der Waals surface area contributed by atoms with Crippen LogP contribution >= 0.6 is 15.9 Å². The lowest BCUT2D eigenvalue weighted by molar-refractivity contribution is -0.185. The van der Waals surface area contributed by atoms with Gasteiger partial charge in [0, 0.05) is 16.6 Å². The van der Waals surface area contributed by atoms with Crippen LogP contribution in [-0.2, 0) is 9.59 Å². The Labute approximate surface area is 183 Å². The van der Waals surface area contributed by atoms with Gasteiger partial charge in [-0.3, -0.25) is 4.79 Å². The Bertz CT molecular complexity index is 920. The number of alkyl halides is 3. The first-order valence-corrected chi connectivity index (χ1v) is 9.73.